The van der Waals surface area contributed by atoms with Crippen molar-refractivity contribution in [2.45, 2.75) is 17.9 Å². The molecule has 0 radical (unpaired) electrons. The minimum Gasteiger partial charge on any atom is -0.368 e. The van der Waals surface area contributed by atoms with Crippen LogP contribution in [0.15, 0.2) is 59.5 Å². The van der Waals surface area contributed by atoms with Gasteiger partial charge in [0.15, 0.2) is 0 Å². The minimum atomic E-state index is -3.56. The molecule has 2 amide bonds. The molecule has 154 valence electrons. The molecule has 1 unspecified atom stereocenters. The highest BCUT2D eigenvalue weighted by atomic mass is 32.2. The predicted molar refractivity (Wildman–Crippen MR) is 107 cm³/mol. The first-order valence-electron chi connectivity index (χ1n) is 8.75. The third kappa shape index (κ3) is 5.72. The van der Waals surface area contributed by atoms with E-state index in [-0.39, 0.29) is 17.0 Å². The Balaban J connectivity index is 2.17. The maximum absolute atomic E-state index is 13.5. The molecule has 2 rings (SSSR count). The van der Waals surface area contributed by atoms with Crippen LogP contribution in [-0.2, 0) is 19.6 Å². The van der Waals surface area contributed by atoms with Gasteiger partial charge in [-0.3, -0.25) is 9.59 Å². The van der Waals surface area contributed by atoms with Gasteiger partial charge in [0.25, 0.3) is 0 Å². The van der Waals surface area contributed by atoms with Crippen molar-refractivity contribution < 1.29 is 22.4 Å². The number of nitrogens with zero attached hydrogens (tertiary/aromatic N) is 1. The van der Waals surface area contributed by atoms with Crippen LogP contribution in [0.1, 0.15) is 24.1 Å². The second-order valence-corrected chi connectivity index (χ2v) is 7.98. The number of amides is 2. The molecule has 0 aromatic heterocycles. The number of rotatable bonds is 8. The van der Waals surface area contributed by atoms with Crippen LogP contribution in [0.4, 0.5) is 4.39 Å². The van der Waals surface area contributed by atoms with Gasteiger partial charge in [-0.2, -0.15) is 0 Å². The number of likely N-dealkylation sites (N-methyl/N-ethyl adjacent to an activating group) is 1. The lowest BCUT2D eigenvalue weighted by molar-refractivity contribution is -0.134. The molecule has 0 aliphatic rings. The zero-order valence-corrected chi connectivity index (χ0v) is 16.8. The lowest BCUT2D eigenvalue weighted by Gasteiger charge is -2.25. The monoisotopic (exact) mass is 419 g/mol. The average molecular weight is 419 g/mol. The van der Waals surface area contributed by atoms with Crippen LogP contribution < -0.4 is 10.5 Å². The first kappa shape index (κ1) is 22.3. The number of carbonyl (C=O) groups excluding carboxylic acids is 2. The maximum atomic E-state index is 13.5. The first-order valence-corrected chi connectivity index (χ1v) is 10.2. The summed E-state index contributed by atoms with van der Waals surface area (Å²) in [5.74, 6) is -1.86. The lowest BCUT2D eigenvalue weighted by Crippen LogP contribution is -2.38. The van der Waals surface area contributed by atoms with Crippen LogP contribution in [0, 0.1) is 5.82 Å². The van der Waals surface area contributed by atoms with Crippen molar-refractivity contribution in [2.75, 3.05) is 13.6 Å². The summed E-state index contributed by atoms with van der Waals surface area (Å²) in [5.41, 5.74) is 6.25. The summed E-state index contributed by atoms with van der Waals surface area (Å²) in [6.07, 6.45) is 2.70. The molecule has 1 atom stereocenters. The van der Waals surface area contributed by atoms with E-state index in [1.165, 1.54) is 49.5 Å². The lowest BCUT2D eigenvalue weighted by atomic mass is 10.0. The number of sulfonamides is 1. The Kier molecular flexibility index (Phi) is 7.24. The molecule has 0 fully saturated rings. The van der Waals surface area contributed by atoms with Crippen molar-refractivity contribution in [3.63, 3.8) is 0 Å². The summed E-state index contributed by atoms with van der Waals surface area (Å²) in [6, 6.07) is 10.1. The topological polar surface area (TPSA) is 110 Å². The molecule has 2 aromatic carbocycles. The molecule has 2 aromatic rings. The van der Waals surface area contributed by atoms with E-state index in [9.17, 15) is 22.4 Å². The fourth-order valence-corrected chi connectivity index (χ4v) is 3.74. The van der Waals surface area contributed by atoms with Gasteiger partial charge in [-0.05, 0) is 41.5 Å². The Labute approximate surface area is 169 Å². The van der Waals surface area contributed by atoms with Gasteiger partial charge in [0.1, 0.15) is 11.9 Å². The molecule has 0 aliphatic heterocycles. The molecule has 3 N–H and O–H groups in total. The molecule has 0 heterocycles. The van der Waals surface area contributed by atoms with Crippen LogP contribution in [0.25, 0.3) is 6.08 Å². The minimum absolute atomic E-state index is 0.111. The zero-order valence-electron chi connectivity index (χ0n) is 16.0. The van der Waals surface area contributed by atoms with Gasteiger partial charge in [-0.1, -0.05) is 31.2 Å². The maximum Gasteiger partial charge on any atom is 0.247 e. The van der Waals surface area contributed by atoms with Crippen molar-refractivity contribution in [1.82, 2.24) is 9.62 Å². The van der Waals surface area contributed by atoms with Gasteiger partial charge >= 0.3 is 0 Å². The number of halogens is 1. The van der Waals surface area contributed by atoms with Crippen LogP contribution in [0.3, 0.4) is 0 Å². The van der Waals surface area contributed by atoms with Crippen molar-refractivity contribution >= 4 is 27.9 Å². The summed E-state index contributed by atoms with van der Waals surface area (Å²) in [6.45, 7) is 1.96. The van der Waals surface area contributed by atoms with E-state index in [0.717, 1.165) is 11.0 Å². The summed E-state index contributed by atoms with van der Waals surface area (Å²) < 4.78 is 39.7. The van der Waals surface area contributed by atoms with Gasteiger partial charge in [-0.15, -0.1) is 0 Å². The van der Waals surface area contributed by atoms with Gasteiger partial charge in [0.05, 0.1) is 4.90 Å². The number of primary amides is 1. The Morgan fingerprint density at radius 2 is 1.86 bits per heavy atom. The molecule has 0 saturated carbocycles. The first-order chi connectivity index (χ1) is 13.7. The van der Waals surface area contributed by atoms with E-state index in [4.69, 9.17) is 5.73 Å². The van der Waals surface area contributed by atoms with Crippen LogP contribution in [0.2, 0.25) is 0 Å². The summed E-state index contributed by atoms with van der Waals surface area (Å²) >= 11 is 0. The van der Waals surface area contributed by atoms with Crippen molar-refractivity contribution in [3.05, 3.63) is 71.6 Å². The van der Waals surface area contributed by atoms with E-state index in [0.29, 0.717) is 5.56 Å². The summed E-state index contributed by atoms with van der Waals surface area (Å²) in [7, 11) is -2.17. The number of hydrogen-bond acceptors (Lipinski definition) is 4. The van der Waals surface area contributed by atoms with Crippen molar-refractivity contribution in [1.29, 1.82) is 0 Å². The Bertz CT molecular complexity index is 1020. The second kappa shape index (κ2) is 9.44. The fourth-order valence-electron chi connectivity index (χ4n) is 2.70. The predicted octanol–water partition coefficient (Wildman–Crippen LogP) is 1.82. The number of nitrogens with two attached hydrogens (primary N) is 1. The molecule has 0 bridgehead atoms. The van der Waals surface area contributed by atoms with Crippen molar-refractivity contribution in [3.8, 4) is 0 Å². The standard InChI is InChI=1S/C20H22FN3O4S/c1-3-23-29(27,28)17-10-7-14(8-11-17)9-12-18(25)24(2)19(20(22)26)15-5-4-6-16(21)13-15/h4-13,19,23H,3H2,1-2H3,(H2,22,26)/b12-9+. The quantitative estimate of drug-likeness (QED) is 0.636. The molecule has 0 spiro atoms. The average Bonchev–Trinajstić information content (AvgIpc) is 2.66. The summed E-state index contributed by atoms with van der Waals surface area (Å²) in [4.78, 5) is 25.5. The number of carbonyl (C=O) groups is 2. The van der Waals surface area contributed by atoms with Crippen molar-refractivity contribution in [2.24, 2.45) is 5.73 Å². The third-order valence-electron chi connectivity index (χ3n) is 4.11. The second-order valence-electron chi connectivity index (χ2n) is 6.21. The Morgan fingerprint density at radius 3 is 2.41 bits per heavy atom. The third-order valence-corrected chi connectivity index (χ3v) is 5.67. The van der Waals surface area contributed by atoms with Gasteiger partial charge in [-0.25, -0.2) is 17.5 Å². The summed E-state index contributed by atoms with van der Waals surface area (Å²) in [5, 5.41) is 0. The Hall–Kier alpha value is -3.04. The molecule has 7 nitrogen and oxygen atoms in total. The highest BCUT2D eigenvalue weighted by Crippen LogP contribution is 2.21. The smallest absolute Gasteiger partial charge is 0.247 e. The molecule has 0 aliphatic carbocycles. The van der Waals surface area contributed by atoms with E-state index in [2.05, 4.69) is 4.72 Å². The van der Waals surface area contributed by atoms with Crippen LogP contribution in [0.5, 0.6) is 0 Å². The van der Waals surface area contributed by atoms with Gasteiger partial charge in [0.2, 0.25) is 21.8 Å². The SMILES string of the molecule is CCNS(=O)(=O)c1ccc(/C=C/C(=O)N(C)C(C(N)=O)c2cccc(F)c2)cc1. The molecular weight excluding hydrogens is 397 g/mol. The van der Waals surface area contributed by atoms with E-state index >= 15 is 0 Å². The Morgan fingerprint density at radius 1 is 1.21 bits per heavy atom. The van der Waals surface area contributed by atoms with Crippen LogP contribution >= 0.6 is 0 Å². The van der Waals surface area contributed by atoms with Crippen LogP contribution in [-0.4, -0.2) is 38.7 Å². The number of benzene rings is 2. The molecule has 29 heavy (non-hydrogen) atoms. The van der Waals surface area contributed by atoms with E-state index < -0.39 is 33.7 Å². The molecule has 0 saturated heterocycles. The highest BCUT2D eigenvalue weighted by Gasteiger charge is 2.25. The normalized spacial score (nSPS) is 12.7. The molecular formula is C20H22FN3O4S. The number of hydrogen-bond donors (Lipinski definition) is 2. The van der Waals surface area contributed by atoms with E-state index in [1.807, 2.05) is 0 Å². The highest BCUT2D eigenvalue weighted by molar-refractivity contribution is 7.89. The zero-order chi connectivity index (χ0) is 21.6. The number of nitrogens with one attached hydrogen (secondary N) is 1. The molecule has 9 heteroatoms. The fraction of sp³-hybridized carbons (Fsp3) is 0.200. The largest absolute Gasteiger partial charge is 0.368 e. The van der Waals surface area contributed by atoms with E-state index in [1.54, 1.807) is 19.1 Å². The van der Waals surface area contributed by atoms with Gasteiger partial charge < -0.3 is 10.6 Å². The van der Waals surface area contributed by atoms with Gasteiger partial charge in [0, 0.05) is 19.7 Å².